The summed E-state index contributed by atoms with van der Waals surface area (Å²) in [5, 5.41) is 18.3. The number of hydrogen-bond donors (Lipinski definition) is 2. The predicted molar refractivity (Wildman–Crippen MR) is 160 cm³/mol. The van der Waals surface area contributed by atoms with Gasteiger partial charge in [-0.15, -0.1) is 0 Å². The number of carbonyl (C=O) groups is 3. The van der Waals surface area contributed by atoms with E-state index in [0.29, 0.717) is 11.5 Å². The van der Waals surface area contributed by atoms with Gasteiger partial charge in [0, 0.05) is 0 Å². The summed E-state index contributed by atoms with van der Waals surface area (Å²) in [5.74, 6) is -1.10. The fraction of sp³-hybridized carbons (Fsp3) is 0.441. The smallest absolute Gasteiger partial charge is 0.341 e. The van der Waals surface area contributed by atoms with Gasteiger partial charge in [0.25, 0.3) is 0 Å². The van der Waals surface area contributed by atoms with Crippen LogP contribution in [0.25, 0.3) is 11.1 Å². The highest BCUT2D eigenvalue weighted by Gasteiger charge is 2.28. The largest absolute Gasteiger partial charge is 0.423 e. The molecule has 1 fully saturated rings. The minimum Gasteiger partial charge on any atom is -0.423 e. The van der Waals surface area contributed by atoms with Gasteiger partial charge < -0.3 is 24.4 Å². The summed E-state index contributed by atoms with van der Waals surface area (Å²) in [6.45, 7) is 8.11. The zero-order chi connectivity index (χ0) is 30.5. The normalized spacial score (nSPS) is 16.4. The maximum Gasteiger partial charge on any atom is 0.341 e. The molecule has 0 heterocycles. The molecule has 1 aliphatic carbocycles. The zero-order valence-electron chi connectivity index (χ0n) is 24.4. The molecule has 1 saturated carbocycles. The summed E-state index contributed by atoms with van der Waals surface area (Å²) < 4.78 is 16.4. The summed E-state index contributed by atoms with van der Waals surface area (Å²) in [4.78, 5) is 37.4. The molecule has 0 atom stereocenters. The molecule has 2 aromatic carbocycles. The quantitative estimate of drug-likeness (QED) is 0.109. The molecular formula is C34H42O8. The molecule has 1 aliphatic rings. The van der Waals surface area contributed by atoms with E-state index >= 15 is 0 Å². The Balaban J connectivity index is 1.71. The molecule has 2 N–H and O–H groups in total. The van der Waals surface area contributed by atoms with Crippen molar-refractivity contribution in [3.63, 3.8) is 0 Å². The molecule has 2 aromatic rings. The van der Waals surface area contributed by atoms with Crippen LogP contribution in [-0.4, -0.2) is 41.3 Å². The van der Waals surface area contributed by atoms with Gasteiger partial charge in [-0.3, -0.25) is 4.79 Å². The maximum atomic E-state index is 13.2. The lowest BCUT2D eigenvalue weighted by Crippen LogP contribution is -2.26. The van der Waals surface area contributed by atoms with E-state index in [4.69, 9.17) is 19.3 Å². The van der Waals surface area contributed by atoms with E-state index in [2.05, 4.69) is 20.1 Å². The molecule has 0 aromatic heterocycles. The number of unbranched alkanes of at least 4 members (excludes halogenated alkanes) is 4. The zero-order valence-corrected chi connectivity index (χ0v) is 24.4. The van der Waals surface area contributed by atoms with Crippen molar-refractivity contribution in [2.24, 2.45) is 11.8 Å². The van der Waals surface area contributed by atoms with Crippen LogP contribution in [0, 0.1) is 11.8 Å². The van der Waals surface area contributed by atoms with Crippen molar-refractivity contribution in [2.45, 2.75) is 71.1 Å². The van der Waals surface area contributed by atoms with E-state index in [9.17, 15) is 19.5 Å². The van der Waals surface area contributed by atoms with Crippen LogP contribution in [-0.2, 0) is 14.4 Å². The Morgan fingerprint density at radius 3 is 1.95 bits per heavy atom. The van der Waals surface area contributed by atoms with Gasteiger partial charge in [0.2, 0.25) is 0 Å². The van der Waals surface area contributed by atoms with E-state index in [1.807, 2.05) is 0 Å². The minimum atomic E-state index is -0.822. The van der Waals surface area contributed by atoms with Crippen molar-refractivity contribution in [2.75, 3.05) is 13.2 Å². The first-order chi connectivity index (χ1) is 20.2. The molecule has 8 nitrogen and oxygen atoms in total. The molecule has 0 saturated heterocycles. The van der Waals surface area contributed by atoms with E-state index < -0.39 is 25.2 Å². The average Bonchev–Trinajstić information content (AvgIpc) is 3.01. The number of hydrogen-bond acceptors (Lipinski definition) is 8. The molecule has 0 aliphatic heterocycles. The average molecular weight is 579 g/mol. The lowest BCUT2D eigenvalue weighted by atomic mass is 9.80. The maximum absolute atomic E-state index is 13.2. The number of ether oxygens (including phenoxy) is 3. The Bertz CT molecular complexity index is 1240. The molecule has 0 spiro atoms. The third kappa shape index (κ3) is 9.67. The second-order valence-corrected chi connectivity index (χ2v) is 10.8. The standard InChI is InChI=1S/C34H42O8/c1-4-5-6-7-8-9-25-10-12-27(13-11-25)34(39)42-31-20-28(16-19-30(31)41-33(38)24(3)22-36)26-14-17-29(18-15-26)40-32(37)23(2)21-35/h14-20,25,27,35-36H,2-13,21-22H2,1H3. The second kappa shape index (κ2) is 16.6. The molecule has 226 valence electrons. The van der Waals surface area contributed by atoms with Crippen LogP contribution in [0.5, 0.6) is 17.2 Å². The first kappa shape index (κ1) is 32.8. The Morgan fingerprint density at radius 1 is 0.738 bits per heavy atom. The fourth-order valence-corrected chi connectivity index (χ4v) is 4.96. The number of rotatable bonds is 15. The van der Waals surface area contributed by atoms with Gasteiger partial charge in [-0.2, -0.15) is 0 Å². The molecule has 0 amide bonds. The highest BCUT2D eigenvalue weighted by atomic mass is 16.6. The van der Waals surface area contributed by atoms with Gasteiger partial charge in [0.05, 0.1) is 30.3 Å². The third-order valence-electron chi connectivity index (χ3n) is 7.61. The van der Waals surface area contributed by atoms with Crippen LogP contribution < -0.4 is 14.2 Å². The topological polar surface area (TPSA) is 119 Å². The first-order valence-corrected chi connectivity index (χ1v) is 14.7. The van der Waals surface area contributed by atoms with Gasteiger partial charge in [-0.05, 0) is 67.0 Å². The fourth-order valence-electron chi connectivity index (χ4n) is 4.96. The highest BCUT2D eigenvalue weighted by molar-refractivity contribution is 5.91. The van der Waals surface area contributed by atoms with Gasteiger partial charge >= 0.3 is 17.9 Å². The minimum absolute atomic E-state index is 0.0422. The Morgan fingerprint density at radius 2 is 1.33 bits per heavy atom. The summed E-state index contributed by atoms with van der Waals surface area (Å²) in [7, 11) is 0. The van der Waals surface area contributed by atoms with Gasteiger partial charge in [0.1, 0.15) is 5.75 Å². The number of esters is 3. The van der Waals surface area contributed by atoms with Crippen molar-refractivity contribution in [1.29, 1.82) is 0 Å². The number of carbonyl (C=O) groups excluding carboxylic acids is 3. The first-order valence-electron chi connectivity index (χ1n) is 14.7. The molecule has 42 heavy (non-hydrogen) atoms. The lowest BCUT2D eigenvalue weighted by molar-refractivity contribution is -0.141. The summed E-state index contributed by atoms with van der Waals surface area (Å²) in [5.41, 5.74) is 1.21. The van der Waals surface area contributed by atoms with Gasteiger partial charge in [0.15, 0.2) is 11.5 Å². The van der Waals surface area contributed by atoms with E-state index in [0.717, 1.165) is 31.2 Å². The van der Waals surface area contributed by atoms with Gasteiger partial charge in [-0.25, -0.2) is 9.59 Å². The number of aliphatic hydroxyl groups is 2. The molecule has 0 bridgehead atoms. The summed E-state index contributed by atoms with van der Waals surface area (Å²) in [6.07, 6.45) is 11.0. The van der Waals surface area contributed by atoms with Crippen LogP contribution in [0.2, 0.25) is 0 Å². The molecule has 8 heteroatoms. The second-order valence-electron chi connectivity index (χ2n) is 10.8. The molecule has 0 unspecified atom stereocenters. The van der Waals surface area contributed by atoms with Crippen LogP contribution in [0.3, 0.4) is 0 Å². The van der Waals surface area contributed by atoms with E-state index in [-0.39, 0.29) is 40.3 Å². The SMILES string of the molecule is C=C(CO)C(=O)Oc1ccc(-c2ccc(OC(=O)C(=C)CO)c(OC(=O)C3CCC(CCCCCCC)CC3)c2)cc1. The monoisotopic (exact) mass is 578 g/mol. The predicted octanol–water partition coefficient (Wildman–Crippen LogP) is 6.33. The van der Waals surface area contributed by atoms with Crippen molar-refractivity contribution in [3.8, 4) is 28.4 Å². The van der Waals surface area contributed by atoms with Crippen LogP contribution in [0.4, 0.5) is 0 Å². The van der Waals surface area contributed by atoms with Crippen molar-refractivity contribution in [1.82, 2.24) is 0 Å². The van der Waals surface area contributed by atoms with E-state index in [1.54, 1.807) is 36.4 Å². The summed E-state index contributed by atoms with van der Waals surface area (Å²) in [6, 6.07) is 11.4. The van der Waals surface area contributed by atoms with Crippen LogP contribution in [0.15, 0.2) is 66.8 Å². The molecular weight excluding hydrogens is 536 g/mol. The Kier molecular flexibility index (Phi) is 13.0. The van der Waals surface area contributed by atoms with E-state index in [1.165, 1.54) is 44.6 Å². The number of aliphatic hydroxyl groups excluding tert-OH is 2. The molecule has 0 radical (unpaired) electrons. The third-order valence-corrected chi connectivity index (χ3v) is 7.61. The van der Waals surface area contributed by atoms with Crippen LogP contribution >= 0.6 is 0 Å². The lowest BCUT2D eigenvalue weighted by Gasteiger charge is -2.27. The van der Waals surface area contributed by atoms with Crippen molar-refractivity contribution in [3.05, 3.63) is 66.8 Å². The molecule has 3 rings (SSSR count). The van der Waals surface area contributed by atoms with Crippen molar-refractivity contribution < 1.29 is 38.8 Å². The highest BCUT2D eigenvalue weighted by Crippen LogP contribution is 2.37. The Hall–Kier alpha value is -3.75. The summed E-state index contributed by atoms with van der Waals surface area (Å²) >= 11 is 0. The van der Waals surface area contributed by atoms with Gasteiger partial charge in [-0.1, -0.05) is 76.8 Å². The van der Waals surface area contributed by atoms with Crippen LogP contribution in [0.1, 0.15) is 71.1 Å². The Labute approximate surface area is 248 Å². The van der Waals surface area contributed by atoms with Crippen molar-refractivity contribution >= 4 is 17.9 Å². The number of benzene rings is 2.